The number of hydrogen-bond donors (Lipinski definition) is 2. The number of amides is 1. The van der Waals surface area contributed by atoms with Crippen LogP contribution in [0.15, 0.2) is 18.2 Å². The van der Waals surface area contributed by atoms with Gasteiger partial charge >= 0.3 is 0 Å². The number of benzene rings is 1. The van der Waals surface area contributed by atoms with Crippen LogP contribution in [0.3, 0.4) is 0 Å². The molecule has 3 N–H and O–H groups in total. The van der Waals surface area contributed by atoms with Crippen molar-refractivity contribution in [2.45, 2.75) is 31.9 Å². The summed E-state index contributed by atoms with van der Waals surface area (Å²) in [6.45, 7) is 3.85. The Morgan fingerprint density at radius 1 is 1.58 bits per heavy atom. The fourth-order valence-corrected chi connectivity index (χ4v) is 2.76. The number of nitrogens with two attached hydrogens (primary N) is 1. The first-order chi connectivity index (χ1) is 8.90. The van der Waals surface area contributed by atoms with E-state index in [1.165, 1.54) is 0 Å². The van der Waals surface area contributed by atoms with E-state index in [4.69, 9.17) is 17.3 Å². The number of rotatable bonds is 3. The van der Waals surface area contributed by atoms with Gasteiger partial charge in [-0.15, -0.1) is 0 Å². The van der Waals surface area contributed by atoms with Crippen molar-refractivity contribution in [2.75, 3.05) is 13.1 Å². The van der Waals surface area contributed by atoms with E-state index in [0.717, 1.165) is 24.1 Å². The molecule has 1 heterocycles. The molecule has 1 fully saturated rings. The molecule has 0 saturated carbocycles. The summed E-state index contributed by atoms with van der Waals surface area (Å²) in [5.41, 5.74) is 6.15. The zero-order valence-electron chi connectivity index (χ0n) is 11.0. The predicted octanol–water partition coefficient (Wildman–Crippen LogP) is 1.46. The maximum Gasteiger partial charge on any atom is 0.250 e. The summed E-state index contributed by atoms with van der Waals surface area (Å²) in [5.74, 6) is -0.634. The van der Waals surface area contributed by atoms with E-state index >= 15 is 0 Å². The van der Waals surface area contributed by atoms with Crippen LogP contribution in [0.5, 0.6) is 0 Å². The molecule has 0 bridgehead atoms. The molecule has 0 aromatic heterocycles. The van der Waals surface area contributed by atoms with Crippen molar-refractivity contribution in [3.05, 3.63) is 34.3 Å². The summed E-state index contributed by atoms with van der Waals surface area (Å²) in [4.78, 5) is 13.4. The van der Waals surface area contributed by atoms with Gasteiger partial charge in [0.15, 0.2) is 5.60 Å². The molecule has 0 unspecified atom stereocenters. The quantitative estimate of drug-likeness (QED) is 0.882. The Morgan fingerprint density at radius 3 is 2.95 bits per heavy atom. The van der Waals surface area contributed by atoms with Gasteiger partial charge in [0.05, 0.1) is 0 Å². The highest BCUT2D eigenvalue weighted by molar-refractivity contribution is 6.30. The molecule has 19 heavy (non-hydrogen) atoms. The zero-order chi connectivity index (χ0) is 14.0. The van der Waals surface area contributed by atoms with Crippen LogP contribution in [0.4, 0.5) is 0 Å². The summed E-state index contributed by atoms with van der Waals surface area (Å²) in [7, 11) is 0. The van der Waals surface area contributed by atoms with Crippen LogP contribution in [0, 0.1) is 6.92 Å². The molecule has 2 rings (SSSR count). The molecule has 4 nitrogen and oxygen atoms in total. The largest absolute Gasteiger partial charge is 0.379 e. The number of aryl methyl sites for hydroxylation is 1. The minimum Gasteiger partial charge on any atom is -0.379 e. The second kappa shape index (κ2) is 5.49. The number of likely N-dealkylation sites (tertiary alicyclic amines) is 1. The Balaban J connectivity index is 2.09. The van der Waals surface area contributed by atoms with Gasteiger partial charge in [-0.05, 0) is 49.6 Å². The van der Waals surface area contributed by atoms with Crippen molar-refractivity contribution in [2.24, 2.45) is 5.73 Å². The number of hydrogen-bond acceptors (Lipinski definition) is 3. The lowest BCUT2D eigenvalue weighted by molar-refractivity contribution is -0.142. The Morgan fingerprint density at radius 2 is 2.32 bits per heavy atom. The lowest BCUT2D eigenvalue weighted by Gasteiger charge is -2.37. The number of primary amides is 1. The van der Waals surface area contributed by atoms with Crippen LogP contribution >= 0.6 is 11.6 Å². The fraction of sp³-hybridized carbons (Fsp3) is 0.500. The van der Waals surface area contributed by atoms with Crippen molar-refractivity contribution in [1.29, 1.82) is 0 Å². The number of piperidine rings is 1. The minimum absolute atomic E-state index is 0.296. The van der Waals surface area contributed by atoms with Gasteiger partial charge in [-0.3, -0.25) is 9.69 Å². The van der Waals surface area contributed by atoms with E-state index in [1.54, 1.807) is 0 Å². The van der Waals surface area contributed by atoms with Crippen molar-refractivity contribution in [3.63, 3.8) is 0 Å². The molecule has 0 radical (unpaired) electrons. The number of aliphatic hydroxyl groups is 1. The van der Waals surface area contributed by atoms with Gasteiger partial charge in [0.25, 0.3) is 5.91 Å². The van der Waals surface area contributed by atoms with Gasteiger partial charge in [-0.2, -0.15) is 0 Å². The smallest absolute Gasteiger partial charge is 0.250 e. The molecule has 1 amide bonds. The minimum atomic E-state index is -1.39. The van der Waals surface area contributed by atoms with Gasteiger partial charge in [-0.1, -0.05) is 17.7 Å². The molecular weight excluding hydrogens is 264 g/mol. The summed E-state index contributed by atoms with van der Waals surface area (Å²) in [6.07, 6.45) is 1.21. The van der Waals surface area contributed by atoms with Crippen molar-refractivity contribution in [1.82, 2.24) is 4.90 Å². The van der Waals surface area contributed by atoms with E-state index in [-0.39, 0.29) is 0 Å². The molecule has 1 aliphatic rings. The fourth-order valence-electron chi connectivity index (χ4n) is 2.54. The summed E-state index contributed by atoms with van der Waals surface area (Å²) >= 11 is 5.93. The molecule has 1 saturated heterocycles. The summed E-state index contributed by atoms with van der Waals surface area (Å²) < 4.78 is 0. The highest BCUT2D eigenvalue weighted by atomic mass is 35.5. The van der Waals surface area contributed by atoms with Crippen LogP contribution in [0.1, 0.15) is 24.0 Å². The van der Waals surface area contributed by atoms with Gasteiger partial charge in [0, 0.05) is 18.1 Å². The number of nitrogens with zero attached hydrogens (tertiary/aromatic N) is 1. The van der Waals surface area contributed by atoms with E-state index in [0.29, 0.717) is 24.5 Å². The van der Waals surface area contributed by atoms with Gasteiger partial charge in [0.2, 0.25) is 0 Å². The first-order valence-corrected chi connectivity index (χ1v) is 6.78. The molecule has 104 valence electrons. The van der Waals surface area contributed by atoms with Crippen LogP contribution in [-0.4, -0.2) is 34.6 Å². The van der Waals surface area contributed by atoms with Crippen LogP contribution in [0.2, 0.25) is 5.02 Å². The van der Waals surface area contributed by atoms with E-state index < -0.39 is 11.5 Å². The molecule has 5 heteroatoms. The van der Waals surface area contributed by atoms with E-state index in [2.05, 4.69) is 4.90 Å². The molecular formula is C14H19ClN2O2. The van der Waals surface area contributed by atoms with Gasteiger partial charge in [0.1, 0.15) is 0 Å². The molecule has 1 atom stereocenters. The standard InChI is InChI=1S/C14H19ClN2O2/c1-10-7-12(15)4-3-11(10)8-17-6-2-5-14(19,9-17)13(16)18/h3-4,7,19H,2,5-6,8-9H2,1H3,(H2,16,18)/t14-/m0/s1. The van der Waals surface area contributed by atoms with Gasteiger partial charge in [-0.25, -0.2) is 0 Å². The highest BCUT2D eigenvalue weighted by Crippen LogP contribution is 2.24. The lowest BCUT2D eigenvalue weighted by atomic mass is 9.91. The normalized spacial score (nSPS) is 24.4. The molecule has 0 spiro atoms. The first-order valence-electron chi connectivity index (χ1n) is 6.40. The van der Waals surface area contributed by atoms with Crippen molar-refractivity contribution in [3.8, 4) is 0 Å². The molecule has 1 aromatic rings. The summed E-state index contributed by atoms with van der Waals surface area (Å²) in [6, 6.07) is 5.75. The number of carbonyl (C=O) groups excluding carboxylic acids is 1. The van der Waals surface area contributed by atoms with Crippen molar-refractivity contribution >= 4 is 17.5 Å². The SMILES string of the molecule is Cc1cc(Cl)ccc1CN1CCC[C@@](O)(C(N)=O)C1. The molecule has 0 aliphatic carbocycles. The summed E-state index contributed by atoms with van der Waals surface area (Å²) in [5, 5.41) is 10.9. The second-order valence-corrected chi connectivity index (χ2v) is 5.72. The number of halogens is 1. The van der Waals surface area contributed by atoms with E-state index in [1.807, 2.05) is 25.1 Å². The van der Waals surface area contributed by atoms with Crippen LogP contribution in [0.25, 0.3) is 0 Å². The number of carbonyl (C=O) groups is 1. The van der Waals surface area contributed by atoms with Crippen LogP contribution < -0.4 is 5.73 Å². The first kappa shape index (κ1) is 14.3. The highest BCUT2D eigenvalue weighted by Gasteiger charge is 2.38. The number of β-amino-alcohol motifs (C(OH)–C–C–N with tert-alkyl or cyclic N) is 1. The predicted molar refractivity (Wildman–Crippen MR) is 74.8 cm³/mol. The van der Waals surface area contributed by atoms with E-state index in [9.17, 15) is 9.90 Å². The zero-order valence-corrected chi connectivity index (χ0v) is 11.8. The van der Waals surface area contributed by atoms with Gasteiger partial charge < -0.3 is 10.8 Å². The Hall–Kier alpha value is -1.10. The maximum absolute atomic E-state index is 11.3. The molecule has 1 aliphatic heterocycles. The Labute approximate surface area is 118 Å². The van der Waals surface area contributed by atoms with Crippen molar-refractivity contribution < 1.29 is 9.90 Å². The Bertz CT molecular complexity index is 492. The topological polar surface area (TPSA) is 66.6 Å². The lowest BCUT2D eigenvalue weighted by Crippen LogP contribution is -2.55. The second-order valence-electron chi connectivity index (χ2n) is 5.28. The average Bonchev–Trinajstić information content (AvgIpc) is 2.33. The third-order valence-electron chi connectivity index (χ3n) is 3.71. The average molecular weight is 283 g/mol. The Kier molecular flexibility index (Phi) is 4.13. The molecule has 1 aromatic carbocycles. The third-order valence-corrected chi connectivity index (χ3v) is 3.94. The van der Waals surface area contributed by atoms with Crippen LogP contribution in [-0.2, 0) is 11.3 Å². The monoisotopic (exact) mass is 282 g/mol. The maximum atomic E-state index is 11.3. The third kappa shape index (κ3) is 3.26.